The molecular formula is C29H38F2N4O4. The third-order valence-corrected chi connectivity index (χ3v) is 6.97. The Morgan fingerprint density at radius 3 is 2.67 bits per heavy atom. The Morgan fingerprint density at radius 1 is 1.15 bits per heavy atom. The molecule has 1 fully saturated rings. The van der Waals surface area contributed by atoms with Crippen molar-refractivity contribution in [2.75, 3.05) is 40.0 Å². The highest BCUT2D eigenvalue weighted by atomic mass is 19.2. The summed E-state index contributed by atoms with van der Waals surface area (Å²) in [5.74, 6) is -1.27. The van der Waals surface area contributed by atoms with E-state index < -0.39 is 24.1 Å². The zero-order valence-corrected chi connectivity index (χ0v) is 22.7. The quantitative estimate of drug-likeness (QED) is 0.390. The second kappa shape index (κ2) is 14.0. The molecule has 212 valence electrons. The molecule has 2 aliphatic heterocycles. The number of aliphatic hydroxyl groups excluding tert-OH is 1. The van der Waals surface area contributed by atoms with Crippen LogP contribution < -0.4 is 10.6 Å². The molecule has 0 bridgehead atoms. The van der Waals surface area contributed by atoms with Crippen LogP contribution in [0.5, 0.6) is 0 Å². The molecule has 3 N–H and O–H groups in total. The molecule has 4 atom stereocenters. The van der Waals surface area contributed by atoms with Gasteiger partial charge in [-0.1, -0.05) is 36.4 Å². The highest BCUT2D eigenvalue weighted by molar-refractivity contribution is 5.94. The van der Waals surface area contributed by atoms with Crippen molar-refractivity contribution in [3.8, 4) is 0 Å². The monoisotopic (exact) mass is 544 g/mol. The molecule has 8 nitrogen and oxygen atoms in total. The van der Waals surface area contributed by atoms with Crippen LogP contribution in [0, 0.1) is 11.6 Å². The highest BCUT2D eigenvalue weighted by Gasteiger charge is 2.32. The standard InChI is InChI=1S/C29H38F2N4O4/c1-4-38-28-19(2)27(23(12-13-32-28)20-8-6-5-7-9-20)34-29(36)33-22-17-26(39-35(18-22)14-15-37-3)21-10-11-24(30)25(31)16-21/h5-11,16,22-23,26,29,33-34,36H,4,12-15,17-18H2,1-3H3/t22-,23?,26+,29?/m0/s1. The molecule has 1 saturated heterocycles. The van der Waals surface area contributed by atoms with Gasteiger partial charge in [0.1, 0.15) is 6.10 Å². The number of rotatable bonds is 10. The van der Waals surface area contributed by atoms with Crippen LogP contribution in [0.15, 0.2) is 64.8 Å². The molecule has 4 rings (SSSR count). The summed E-state index contributed by atoms with van der Waals surface area (Å²) in [4.78, 5) is 10.7. The van der Waals surface area contributed by atoms with Crippen molar-refractivity contribution in [1.82, 2.24) is 15.7 Å². The molecule has 2 aromatic rings. The van der Waals surface area contributed by atoms with E-state index in [1.54, 1.807) is 12.2 Å². The zero-order chi connectivity index (χ0) is 27.8. The van der Waals surface area contributed by atoms with E-state index in [1.165, 1.54) is 6.07 Å². The summed E-state index contributed by atoms with van der Waals surface area (Å²) in [6.45, 7) is 6.34. The Morgan fingerprint density at radius 2 is 1.95 bits per heavy atom. The largest absolute Gasteiger partial charge is 0.478 e. The van der Waals surface area contributed by atoms with E-state index in [0.717, 1.165) is 35.4 Å². The van der Waals surface area contributed by atoms with Gasteiger partial charge >= 0.3 is 0 Å². The number of aliphatic hydroxyl groups is 1. The number of nitrogens with one attached hydrogen (secondary N) is 2. The molecular weight excluding hydrogens is 506 g/mol. The summed E-state index contributed by atoms with van der Waals surface area (Å²) in [5.41, 5.74) is 3.33. The van der Waals surface area contributed by atoms with E-state index in [4.69, 9.17) is 14.3 Å². The number of hydroxylamine groups is 2. The molecule has 2 unspecified atom stereocenters. The zero-order valence-electron chi connectivity index (χ0n) is 22.7. The Labute approximate surface area is 228 Å². The van der Waals surface area contributed by atoms with Gasteiger partial charge in [0.2, 0.25) is 5.90 Å². The van der Waals surface area contributed by atoms with Gasteiger partial charge in [0.05, 0.1) is 13.2 Å². The molecule has 0 radical (unpaired) electrons. The fourth-order valence-corrected chi connectivity index (χ4v) is 5.08. The summed E-state index contributed by atoms with van der Waals surface area (Å²) in [7, 11) is 1.60. The minimum atomic E-state index is -1.10. The first-order chi connectivity index (χ1) is 18.9. The van der Waals surface area contributed by atoms with Crippen molar-refractivity contribution >= 4 is 5.90 Å². The number of hydrogen-bond donors (Lipinski definition) is 3. The van der Waals surface area contributed by atoms with Crippen molar-refractivity contribution in [2.24, 2.45) is 4.99 Å². The Kier molecular flexibility index (Phi) is 10.4. The fourth-order valence-electron chi connectivity index (χ4n) is 5.08. The van der Waals surface area contributed by atoms with Gasteiger partial charge < -0.3 is 19.9 Å². The van der Waals surface area contributed by atoms with E-state index in [2.05, 4.69) is 27.8 Å². The van der Waals surface area contributed by atoms with Gasteiger partial charge in [0, 0.05) is 50.0 Å². The predicted molar refractivity (Wildman–Crippen MR) is 145 cm³/mol. The van der Waals surface area contributed by atoms with Crippen molar-refractivity contribution in [3.05, 3.63) is 82.6 Å². The first-order valence-corrected chi connectivity index (χ1v) is 13.4. The maximum atomic E-state index is 14.0. The minimum absolute atomic E-state index is 0.00724. The van der Waals surface area contributed by atoms with E-state index in [0.29, 0.717) is 50.7 Å². The van der Waals surface area contributed by atoms with Gasteiger partial charge in [-0.15, -0.1) is 0 Å². The number of benzene rings is 2. The van der Waals surface area contributed by atoms with Crippen molar-refractivity contribution in [1.29, 1.82) is 0 Å². The maximum absolute atomic E-state index is 14.0. The van der Waals surface area contributed by atoms with E-state index in [-0.39, 0.29) is 12.0 Å². The van der Waals surface area contributed by atoms with Crippen LogP contribution in [-0.2, 0) is 14.3 Å². The summed E-state index contributed by atoms with van der Waals surface area (Å²) in [6, 6.07) is 13.7. The molecule has 0 saturated carbocycles. The van der Waals surface area contributed by atoms with Gasteiger partial charge in [0.25, 0.3) is 0 Å². The number of hydrogen-bond acceptors (Lipinski definition) is 8. The molecule has 10 heteroatoms. The average molecular weight is 545 g/mol. The Hall–Kier alpha value is -2.89. The van der Waals surface area contributed by atoms with Gasteiger partial charge in [0.15, 0.2) is 18.0 Å². The van der Waals surface area contributed by atoms with Gasteiger partial charge in [-0.3, -0.25) is 15.1 Å². The minimum Gasteiger partial charge on any atom is -0.478 e. The summed E-state index contributed by atoms with van der Waals surface area (Å²) < 4.78 is 38.5. The number of methoxy groups -OCH3 is 1. The molecule has 39 heavy (non-hydrogen) atoms. The third kappa shape index (κ3) is 7.61. The van der Waals surface area contributed by atoms with Crippen LogP contribution in [0.1, 0.15) is 49.8 Å². The number of allylic oxidation sites excluding steroid dienone is 1. The Balaban J connectivity index is 1.53. The Bertz CT molecular complexity index is 1150. The van der Waals surface area contributed by atoms with Crippen LogP contribution in [-0.4, -0.2) is 68.4 Å². The molecule has 0 amide bonds. The topological polar surface area (TPSA) is 87.6 Å². The van der Waals surface area contributed by atoms with Crippen molar-refractivity contribution in [2.45, 2.75) is 51.1 Å². The average Bonchev–Trinajstić information content (AvgIpc) is 3.08. The number of ether oxygens (including phenoxy) is 2. The lowest BCUT2D eigenvalue weighted by molar-refractivity contribution is -0.237. The van der Waals surface area contributed by atoms with Crippen LogP contribution in [0.2, 0.25) is 0 Å². The summed E-state index contributed by atoms with van der Waals surface area (Å²) >= 11 is 0. The summed E-state index contributed by atoms with van der Waals surface area (Å²) in [6.07, 6.45) is -0.421. The number of nitrogens with zero attached hydrogens (tertiary/aromatic N) is 2. The first kappa shape index (κ1) is 29.1. The predicted octanol–water partition coefficient (Wildman–Crippen LogP) is 4.01. The van der Waals surface area contributed by atoms with Crippen LogP contribution >= 0.6 is 0 Å². The highest BCUT2D eigenvalue weighted by Crippen LogP contribution is 2.32. The number of aliphatic imine (C=N–C) groups is 1. The molecule has 0 aliphatic carbocycles. The normalized spacial score (nSPS) is 23.2. The first-order valence-electron chi connectivity index (χ1n) is 13.4. The van der Waals surface area contributed by atoms with E-state index in [9.17, 15) is 13.9 Å². The lowest BCUT2D eigenvalue weighted by atomic mass is 9.90. The second-order valence-corrected chi connectivity index (χ2v) is 9.71. The van der Waals surface area contributed by atoms with Gasteiger partial charge in [-0.2, -0.15) is 5.06 Å². The second-order valence-electron chi connectivity index (χ2n) is 9.71. The van der Waals surface area contributed by atoms with Crippen LogP contribution in [0.25, 0.3) is 0 Å². The molecule has 0 spiro atoms. The van der Waals surface area contributed by atoms with Crippen LogP contribution in [0.4, 0.5) is 8.78 Å². The van der Waals surface area contributed by atoms with Crippen LogP contribution in [0.3, 0.4) is 0 Å². The lowest BCUT2D eigenvalue weighted by Gasteiger charge is -2.39. The molecule has 2 aliphatic rings. The number of halogens is 2. The maximum Gasteiger partial charge on any atom is 0.213 e. The lowest BCUT2D eigenvalue weighted by Crippen LogP contribution is -2.54. The van der Waals surface area contributed by atoms with E-state index in [1.807, 2.05) is 32.0 Å². The summed E-state index contributed by atoms with van der Waals surface area (Å²) in [5, 5.41) is 19.5. The van der Waals surface area contributed by atoms with Gasteiger partial charge in [-0.05, 0) is 49.9 Å². The third-order valence-electron chi connectivity index (χ3n) is 6.97. The van der Waals surface area contributed by atoms with Gasteiger partial charge in [-0.25, -0.2) is 8.78 Å². The van der Waals surface area contributed by atoms with Crippen molar-refractivity contribution in [3.63, 3.8) is 0 Å². The molecule has 2 heterocycles. The molecule has 0 aromatic heterocycles. The SMILES string of the molecule is CCOC1=NCCC(c2ccccc2)C(NC(O)N[C@H]2C[C@H](c3ccc(F)c(F)c3)ON(CCOC)C2)=C1C. The van der Waals surface area contributed by atoms with E-state index >= 15 is 0 Å². The smallest absolute Gasteiger partial charge is 0.213 e. The molecule has 2 aromatic carbocycles. The fraction of sp³-hybridized carbons (Fsp3) is 0.483. The van der Waals surface area contributed by atoms with Crippen molar-refractivity contribution < 1.29 is 28.2 Å².